The average molecular weight is 596 g/mol. The number of halogens is 1. The molecule has 216 valence electrons. The zero-order valence-electron chi connectivity index (χ0n) is 23.4. The topological polar surface area (TPSA) is 126 Å². The van der Waals surface area contributed by atoms with E-state index in [1.165, 1.54) is 12.6 Å². The zero-order valence-corrected chi connectivity index (χ0v) is 25.1. The van der Waals surface area contributed by atoms with Crippen molar-refractivity contribution in [3.8, 4) is 5.75 Å². The van der Waals surface area contributed by atoms with Crippen LogP contribution in [0.4, 0.5) is 23.1 Å². The van der Waals surface area contributed by atoms with Crippen LogP contribution < -0.4 is 26.4 Å². The van der Waals surface area contributed by atoms with Gasteiger partial charge in [0.15, 0.2) is 5.82 Å². The Bertz CT molecular complexity index is 1520. The summed E-state index contributed by atoms with van der Waals surface area (Å²) < 4.78 is 18.4. The Morgan fingerprint density at radius 3 is 2.61 bits per heavy atom. The van der Waals surface area contributed by atoms with E-state index in [-0.39, 0.29) is 5.95 Å². The summed E-state index contributed by atoms with van der Waals surface area (Å²) in [4.78, 5) is 25.9. The first-order chi connectivity index (χ1) is 19.6. The first-order valence-corrected chi connectivity index (χ1v) is 16.5. The number of nitrogens with two attached hydrogens (primary N) is 1. The quantitative estimate of drug-likeness (QED) is 0.230. The first-order valence-electron chi connectivity index (χ1n) is 13.5. The molecule has 2 aliphatic heterocycles. The summed E-state index contributed by atoms with van der Waals surface area (Å²) in [5.41, 5.74) is 8.35. The summed E-state index contributed by atoms with van der Waals surface area (Å²) >= 11 is 6.42. The molecule has 0 spiro atoms. The summed E-state index contributed by atoms with van der Waals surface area (Å²) in [6, 6.07) is 13.4. The number of ether oxygens (including phenoxy) is 1. The third-order valence-corrected chi connectivity index (χ3v) is 9.25. The molecule has 2 fully saturated rings. The number of aromatic nitrogens is 2. The summed E-state index contributed by atoms with van der Waals surface area (Å²) in [5.74, 6) is 0.748. The van der Waals surface area contributed by atoms with Gasteiger partial charge in [-0.15, -0.1) is 0 Å². The highest BCUT2D eigenvalue weighted by Gasteiger charge is 2.32. The number of amides is 1. The standard InChI is InChI=1S/C29H35ClN7O3P/c1-40-25-10-9-19(16-24(27(31)38)37-14-11-20(18-37)36-12-6-13-36)15-23(25)34-29-32-17-21(30)28(35-29)33-22-7-4-5-8-26(22)41(2,3)39/h4-5,7-10,15-17,20H,6,11-14,18H2,1-3H3,(H2,31,38)(H2,32,33,34,35). The molecule has 5 rings (SSSR count). The van der Waals surface area contributed by atoms with Crippen LogP contribution in [0, 0.1) is 0 Å². The van der Waals surface area contributed by atoms with Crippen molar-refractivity contribution in [2.45, 2.75) is 18.9 Å². The molecule has 0 saturated carbocycles. The van der Waals surface area contributed by atoms with E-state index in [0.29, 0.717) is 45.0 Å². The number of carbonyl (C=O) groups is 1. The van der Waals surface area contributed by atoms with E-state index in [1.807, 2.05) is 48.5 Å². The van der Waals surface area contributed by atoms with Crippen molar-refractivity contribution >= 4 is 59.2 Å². The second kappa shape index (κ2) is 12.1. The van der Waals surface area contributed by atoms with Crippen molar-refractivity contribution < 1.29 is 14.1 Å². The van der Waals surface area contributed by atoms with Crippen LogP contribution >= 0.6 is 18.7 Å². The molecule has 10 nitrogen and oxygen atoms in total. The van der Waals surface area contributed by atoms with Gasteiger partial charge in [-0.25, -0.2) is 4.98 Å². The summed E-state index contributed by atoms with van der Waals surface area (Å²) in [6.45, 7) is 7.26. The van der Waals surface area contributed by atoms with Crippen molar-refractivity contribution in [1.82, 2.24) is 19.8 Å². The second-order valence-electron chi connectivity index (χ2n) is 10.6. The SMILES string of the molecule is COc1ccc(C=C(C(N)=O)N2CCC(N3CCC3)C2)cc1Nc1ncc(Cl)c(Nc2ccccc2P(C)(C)=O)n1. The molecule has 0 bridgehead atoms. The zero-order chi connectivity index (χ0) is 29.1. The number of likely N-dealkylation sites (tertiary alicyclic amines) is 2. The maximum absolute atomic E-state index is 12.8. The monoisotopic (exact) mass is 595 g/mol. The molecular weight excluding hydrogens is 561 g/mol. The van der Waals surface area contributed by atoms with Crippen molar-refractivity contribution in [3.63, 3.8) is 0 Å². The number of nitrogens with one attached hydrogen (secondary N) is 2. The van der Waals surface area contributed by atoms with Crippen LogP contribution in [0.5, 0.6) is 5.75 Å². The van der Waals surface area contributed by atoms with Crippen LogP contribution in [-0.2, 0) is 9.36 Å². The number of benzene rings is 2. The fraction of sp³-hybridized carbons (Fsp3) is 0.345. The van der Waals surface area contributed by atoms with E-state index in [4.69, 9.17) is 22.1 Å². The van der Waals surface area contributed by atoms with Crippen LogP contribution in [-0.4, -0.2) is 78.3 Å². The Morgan fingerprint density at radius 2 is 1.93 bits per heavy atom. The van der Waals surface area contributed by atoms with Gasteiger partial charge in [-0.2, -0.15) is 4.98 Å². The number of hydrogen-bond acceptors (Lipinski definition) is 9. The highest BCUT2D eigenvalue weighted by atomic mass is 35.5. The Hall–Kier alpha value is -3.59. The van der Waals surface area contributed by atoms with Gasteiger partial charge in [-0.05, 0) is 75.2 Å². The van der Waals surface area contributed by atoms with E-state index in [1.54, 1.807) is 20.4 Å². The molecule has 4 N–H and O–H groups in total. The highest BCUT2D eigenvalue weighted by Crippen LogP contribution is 2.39. The van der Waals surface area contributed by atoms with Crippen LogP contribution in [0.15, 0.2) is 54.4 Å². The van der Waals surface area contributed by atoms with Gasteiger partial charge < -0.3 is 30.6 Å². The van der Waals surface area contributed by atoms with E-state index in [0.717, 1.165) is 38.2 Å². The lowest BCUT2D eigenvalue weighted by Gasteiger charge is -2.36. The second-order valence-corrected chi connectivity index (χ2v) is 14.2. The Labute approximate surface area is 245 Å². The molecule has 41 heavy (non-hydrogen) atoms. The molecule has 3 aromatic rings. The number of rotatable bonds is 10. The van der Waals surface area contributed by atoms with Gasteiger partial charge in [-0.3, -0.25) is 9.69 Å². The number of anilines is 4. The number of para-hydroxylation sites is 1. The number of carbonyl (C=O) groups excluding carboxylic acids is 1. The molecule has 2 aliphatic rings. The molecule has 0 aliphatic carbocycles. The maximum atomic E-state index is 12.8. The minimum absolute atomic E-state index is 0.275. The molecule has 1 amide bonds. The fourth-order valence-corrected chi connectivity index (χ4v) is 6.46. The minimum Gasteiger partial charge on any atom is -0.495 e. The van der Waals surface area contributed by atoms with Crippen molar-refractivity contribution in [2.75, 3.05) is 57.3 Å². The minimum atomic E-state index is -2.55. The lowest BCUT2D eigenvalue weighted by molar-refractivity contribution is -0.115. The largest absolute Gasteiger partial charge is 0.495 e. The van der Waals surface area contributed by atoms with Crippen LogP contribution in [0.25, 0.3) is 6.08 Å². The van der Waals surface area contributed by atoms with Gasteiger partial charge in [0.05, 0.1) is 24.7 Å². The van der Waals surface area contributed by atoms with Crippen molar-refractivity contribution in [1.29, 1.82) is 0 Å². The normalized spacial score (nSPS) is 17.7. The van der Waals surface area contributed by atoms with E-state index < -0.39 is 13.0 Å². The predicted molar refractivity (Wildman–Crippen MR) is 165 cm³/mol. The van der Waals surface area contributed by atoms with Crippen LogP contribution in [0.3, 0.4) is 0 Å². The number of nitrogens with zero attached hydrogens (tertiary/aromatic N) is 4. The van der Waals surface area contributed by atoms with Gasteiger partial charge in [-0.1, -0.05) is 29.8 Å². The summed E-state index contributed by atoms with van der Waals surface area (Å²) in [5, 5.41) is 7.42. The third-order valence-electron chi connectivity index (χ3n) is 7.42. The van der Waals surface area contributed by atoms with Gasteiger partial charge in [0.2, 0.25) is 5.95 Å². The Balaban J connectivity index is 1.40. The molecule has 2 aromatic carbocycles. The molecule has 1 atom stereocenters. The number of primary amides is 1. The fourth-order valence-electron chi connectivity index (χ4n) is 5.17. The smallest absolute Gasteiger partial charge is 0.265 e. The van der Waals surface area contributed by atoms with Crippen molar-refractivity contribution in [3.05, 3.63) is 64.9 Å². The third kappa shape index (κ3) is 6.67. The molecule has 0 radical (unpaired) electrons. The molecule has 1 unspecified atom stereocenters. The highest BCUT2D eigenvalue weighted by molar-refractivity contribution is 7.70. The number of hydrogen-bond donors (Lipinski definition) is 3. The van der Waals surface area contributed by atoms with Crippen LogP contribution in [0.1, 0.15) is 18.4 Å². The van der Waals surface area contributed by atoms with E-state index in [2.05, 4.69) is 30.4 Å². The molecular formula is C29H35ClN7O3P. The first kappa shape index (κ1) is 28.9. The average Bonchev–Trinajstić information content (AvgIpc) is 3.36. The Morgan fingerprint density at radius 1 is 1.15 bits per heavy atom. The van der Waals surface area contributed by atoms with Gasteiger partial charge in [0.25, 0.3) is 5.91 Å². The van der Waals surface area contributed by atoms with Gasteiger partial charge in [0, 0.05) is 24.4 Å². The Kier molecular flexibility index (Phi) is 8.54. The number of methoxy groups -OCH3 is 1. The van der Waals surface area contributed by atoms with Gasteiger partial charge in [0.1, 0.15) is 23.6 Å². The lowest BCUT2D eigenvalue weighted by atomic mass is 10.1. The summed E-state index contributed by atoms with van der Waals surface area (Å²) in [7, 11) is -0.976. The molecule has 12 heteroatoms. The molecule has 3 heterocycles. The van der Waals surface area contributed by atoms with Crippen molar-refractivity contribution in [2.24, 2.45) is 5.73 Å². The van der Waals surface area contributed by atoms with E-state index in [9.17, 15) is 9.36 Å². The van der Waals surface area contributed by atoms with Gasteiger partial charge >= 0.3 is 0 Å². The van der Waals surface area contributed by atoms with E-state index >= 15 is 0 Å². The molecule has 2 saturated heterocycles. The predicted octanol–water partition coefficient (Wildman–Crippen LogP) is 4.48. The molecule has 1 aromatic heterocycles. The van der Waals surface area contributed by atoms with Crippen LogP contribution in [0.2, 0.25) is 5.02 Å². The maximum Gasteiger partial charge on any atom is 0.265 e. The lowest BCUT2D eigenvalue weighted by Crippen LogP contribution is -2.46. The summed E-state index contributed by atoms with van der Waals surface area (Å²) in [6.07, 6.45) is 5.55.